The van der Waals surface area contributed by atoms with Crippen molar-refractivity contribution in [3.05, 3.63) is 24.3 Å². The number of hydrogen-bond donors (Lipinski definition) is 2. The maximum Gasteiger partial charge on any atom is 0.260 e. The van der Waals surface area contributed by atoms with Gasteiger partial charge in [0.05, 0.1) is 0 Å². The summed E-state index contributed by atoms with van der Waals surface area (Å²) in [5.74, 6) is 0.499. The molecular weight excluding hydrogens is 216 g/mol. The first-order chi connectivity index (χ1) is 8.02. The summed E-state index contributed by atoms with van der Waals surface area (Å²) in [4.78, 5) is 11.7. The standard InChI is InChI=1S/C13H20N2O2/c1-4-9(2)15-13(16)10(3)17-12-7-5-6-11(14)8-12/h5-10H,4,14H2,1-3H3,(H,15,16)/t9-,10+/m0/s1. The van der Waals surface area contributed by atoms with Gasteiger partial charge >= 0.3 is 0 Å². The van der Waals surface area contributed by atoms with Crippen molar-refractivity contribution in [1.82, 2.24) is 5.32 Å². The van der Waals surface area contributed by atoms with Crippen LogP contribution in [0, 0.1) is 0 Å². The lowest BCUT2D eigenvalue weighted by molar-refractivity contribution is -0.127. The number of rotatable bonds is 5. The van der Waals surface area contributed by atoms with Gasteiger partial charge in [0.25, 0.3) is 5.91 Å². The first kappa shape index (κ1) is 13.4. The highest BCUT2D eigenvalue weighted by atomic mass is 16.5. The Labute approximate surface area is 102 Å². The SMILES string of the molecule is CC[C@H](C)NC(=O)[C@@H](C)Oc1cccc(N)c1. The number of anilines is 1. The van der Waals surface area contributed by atoms with E-state index in [9.17, 15) is 4.79 Å². The van der Waals surface area contributed by atoms with Crippen LogP contribution >= 0.6 is 0 Å². The van der Waals surface area contributed by atoms with Crippen LogP contribution in [0.15, 0.2) is 24.3 Å². The Morgan fingerprint density at radius 1 is 1.47 bits per heavy atom. The molecule has 0 bridgehead atoms. The van der Waals surface area contributed by atoms with E-state index < -0.39 is 6.10 Å². The van der Waals surface area contributed by atoms with Gasteiger partial charge in [0.1, 0.15) is 5.75 Å². The van der Waals surface area contributed by atoms with Crippen LogP contribution in [-0.4, -0.2) is 18.1 Å². The Morgan fingerprint density at radius 2 is 2.18 bits per heavy atom. The lowest BCUT2D eigenvalue weighted by atomic mass is 10.2. The summed E-state index contributed by atoms with van der Waals surface area (Å²) in [6, 6.07) is 7.21. The number of nitrogens with two attached hydrogens (primary N) is 1. The first-order valence-corrected chi connectivity index (χ1v) is 5.85. The van der Waals surface area contributed by atoms with Gasteiger partial charge in [0.15, 0.2) is 6.10 Å². The summed E-state index contributed by atoms with van der Waals surface area (Å²) in [6.45, 7) is 5.71. The minimum absolute atomic E-state index is 0.109. The minimum atomic E-state index is -0.522. The van der Waals surface area contributed by atoms with Crippen LogP contribution in [-0.2, 0) is 4.79 Å². The zero-order valence-corrected chi connectivity index (χ0v) is 10.6. The number of benzene rings is 1. The van der Waals surface area contributed by atoms with E-state index in [4.69, 9.17) is 10.5 Å². The van der Waals surface area contributed by atoms with Gasteiger partial charge in [-0.15, -0.1) is 0 Å². The topological polar surface area (TPSA) is 64.3 Å². The number of carbonyl (C=O) groups excluding carboxylic acids is 1. The van der Waals surface area contributed by atoms with Crippen LogP contribution in [0.25, 0.3) is 0 Å². The van der Waals surface area contributed by atoms with Crippen molar-refractivity contribution >= 4 is 11.6 Å². The maximum atomic E-state index is 11.7. The van der Waals surface area contributed by atoms with Gasteiger partial charge in [-0.25, -0.2) is 0 Å². The van der Waals surface area contributed by atoms with E-state index in [1.165, 1.54) is 0 Å². The highest BCUT2D eigenvalue weighted by Crippen LogP contribution is 2.16. The molecule has 3 N–H and O–H groups in total. The molecule has 0 fully saturated rings. The van der Waals surface area contributed by atoms with Gasteiger partial charge in [-0.05, 0) is 32.4 Å². The predicted octanol–water partition coefficient (Wildman–Crippen LogP) is 1.95. The largest absolute Gasteiger partial charge is 0.481 e. The minimum Gasteiger partial charge on any atom is -0.481 e. The fourth-order valence-electron chi connectivity index (χ4n) is 1.31. The Kier molecular flexibility index (Phi) is 4.82. The molecule has 0 unspecified atom stereocenters. The lowest BCUT2D eigenvalue weighted by Gasteiger charge is -2.17. The Balaban J connectivity index is 2.54. The highest BCUT2D eigenvalue weighted by molar-refractivity contribution is 5.81. The molecule has 4 nitrogen and oxygen atoms in total. The third kappa shape index (κ3) is 4.34. The fourth-order valence-corrected chi connectivity index (χ4v) is 1.31. The molecule has 0 aliphatic rings. The van der Waals surface area contributed by atoms with Crippen LogP contribution in [0.3, 0.4) is 0 Å². The molecule has 2 atom stereocenters. The molecule has 17 heavy (non-hydrogen) atoms. The summed E-state index contributed by atoms with van der Waals surface area (Å²) in [5, 5.41) is 2.87. The van der Waals surface area contributed by atoms with Crippen LogP contribution in [0.4, 0.5) is 5.69 Å². The summed E-state index contributed by atoms with van der Waals surface area (Å²) in [7, 11) is 0. The quantitative estimate of drug-likeness (QED) is 0.768. The van der Waals surface area contributed by atoms with E-state index >= 15 is 0 Å². The zero-order chi connectivity index (χ0) is 12.8. The third-order valence-electron chi connectivity index (χ3n) is 2.54. The number of carbonyl (C=O) groups is 1. The molecule has 0 aromatic heterocycles. The van der Waals surface area contributed by atoms with Crippen LogP contribution in [0.2, 0.25) is 0 Å². The number of amides is 1. The van der Waals surface area contributed by atoms with E-state index in [1.54, 1.807) is 31.2 Å². The summed E-state index contributed by atoms with van der Waals surface area (Å²) in [5.41, 5.74) is 6.25. The van der Waals surface area contributed by atoms with E-state index in [0.717, 1.165) is 6.42 Å². The van der Waals surface area contributed by atoms with Gasteiger partial charge in [-0.1, -0.05) is 13.0 Å². The summed E-state index contributed by atoms with van der Waals surface area (Å²) >= 11 is 0. The van der Waals surface area contributed by atoms with E-state index in [-0.39, 0.29) is 11.9 Å². The molecular formula is C13H20N2O2. The van der Waals surface area contributed by atoms with Gasteiger partial charge < -0.3 is 15.8 Å². The molecule has 1 amide bonds. The van der Waals surface area contributed by atoms with Crippen molar-refractivity contribution < 1.29 is 9.53 Å². The zero-order valence-electron chi connectivity index (χ0n) is 10.6. The van der Waals surface area contributed by atoms with E-state index in [1.807, 2.05) is 13.8 Å². The first-order valence-electron chi connectivity index (χ1n) is 5.85. The van der Waals surface area contributed by atoms with Crippen LogP contribution in [0.1, 0.15) is 27.2 Å². The van der Waals surface area contributed by atoms with Crippen LogP contribution in [0.5, 0.6) is 5.75 Å². The molecule has 0 aliphatic heterocycles. The predicted molar refractivity (Wildman–Crippen MR) is 68.8 cm³/mol. The molecule has 4 heteroatoms. The van der Waals surface area contributed by atoms with Crippen molar-refractivity contribution in [2.24, 2.45) is 0 Å². The van der Waals surface area contributed by atoms with Gasteiger partial charge in [-0.2, -0.15) is 0 Å². The number of hydrogen-bond acceptors (Lipinski definition) is 3. The average Bonchev–Trinajstić information content (AvgIpc) is 2.28. The Morgan fingerprint density at radius 3 is 2.76 bits per heavy atom. The highest BCUT2D eigenvalue weighted by Gasteiger charge is 2.15. The van der Waals surface area contributed by atoms with E-state index in [0.29, 0.717) is 11.4 Å². The second-order valence-corrected chi connectivity index (χ2v) is 4.15. The summed E-state index contributed by atoms with van der Waals surface area (Å²) < 4.78 is 5.51. The smallest absolute Gasteiger partial charge is 0.260 e. The second-order valence-electron chi connectivity index (χ2n) is 4.15. The summed E-state index contributed by atoms with van der Waals surface area (Å²) in [6.07, 6.45) is 0.377. The van der Waals surface area contributed by atoms with E-state index in [2.05, 4.69) is 5.32 Å². The van der Waals surface area contributed by atoms with Gasteiger partial charge in [0, 0.05) is 17.8 Å². The molecule has 0 spiro atoms. The monoisotopic (exact) mass is 236 g/mol. The molecule has 1 aromatic rings. The molecule has 94 valence electrons. The van der Waals surface area contributed by atoms with Crippen molar-refractivity contribution in [3.8, 4) is 5.75 Å². The van der Waals surface area contributed by atoms with Crippen molar-refractivity contribution in [2.45, 2.75) is 39.3 Å². The lowest BCUT2D eigenvalue weighted by Crippen LogP contribution is -2.40. The molecule has 0 saturated heterocycles. The maximum absolute atomic E-state index is 11.7. The van der Waals surface area contributed by atoms with Gasteiger partial charge in [-0.3, -0.25) is 4.79 Å². The normalized spacial score (nSPS) is 13.8. The second kappa shape index (κ2) is 6.13. The number of ether oxygens (including phenoxy) is 1. The van der Waals surface area contributed by atoms with Crippen molar-refractivity contribution in [2.75, 3.05) is 5.73 Å². The average molecular weight is 236 g/mol. The van der Waals surface area contributed by atoms with Crippen molar-refractivity contribution in [3.63, 3.8) is 0 Å². The molecule has 0 aliphatic carbocycles. The number of nitrogens with one attached hydrogen (secondary N) is 1. The molecule has 1 aromatic carbocycles. The molecule has 1 rings (SSSR count). The third-order valence-corrected chi connectivity index (χ3v) is 2.54. The Hall–Kier alpha value is -1.71. The molecule has 0 heterocycles. The van der Waals surface area contributed by atoms with Crippen molar-refractivity contribution in [1.29, 1.82) is 0 Å². The Bertz CT molecular complexity index is 379. The fraction of sp³-hybridized carbons (Fsp3) is 0.462. The molecule has 0 saturated carbocycles. The number of nitrogen functional groups attached to an aromatic ring is 1. The van der Waals surface area contributed by atoms with Gasteiger partial charge in [0.2, 0.25) is 0 Å². The molecule has 0 radical (unpaired) electrons. The van der Waals surface area contributed by atoms with Crippen LogP contribution < -0.4 is 15.8 Å².